The van der Waals surface area contributed by atoms with Crippen LogP contribution in [0.15, 0.2) is 127 Å². The van der Waals surface area contributed by atoms with Crippen molar-refractivity contribution in [3.05, 3.63) is 161 Å². The molecule has 2 spiro atoms. The molecule has 6 atom stereocenters. The summed E-state index contributed by atoms with van der Waals surface area (Å²) in [5.74, 6) is 5.35. The lowest BCUT2D eigenvalue weighted by Crippen LogP contribution is -2.74. The zero-order valence-electron chi connectivity index (χ0n) is 35.5. The van der Waals surface area contributed by atoms with Crippen LogP contribution in [-0.4, -0.2) is 0 Å². The molecule has 1 heterocycles. The molecule has 7 aliphatic rings. The van der Waals surface area contributed by atoms with E-state index in [1.165, 1.54) is 111 Å². The fraction of sp³-hybridized carbons (Fsp3) is 0.368. The highest BCUT2D eigenvalue weighted by Crippen LogP contribution is 2.89. The van der Waals surface area contributed by atoms with Gasteiger partial charge >= 0.3 is 0 Å². The summed E-state index contributed by atoms with van der Waals surface area (Å²) in [6, 6.07) is 49.2. The number of benzene rings is 6. The van der Waals surface area contributed by atoms with Crippen LogP contribution in [-0.2, 0) is 21.7 Å². The van der Waals surface area contributed by atoms with Crippen molar-refractivity contribution in [2.45, 2.75) is 102 Å². The molecule has 6 aromatic rings. The molecule has 1 aliphatic heterocycles. The van der Waals surface area contributed by atoms with Gasteiger partial charge in [-0.2, -0.15) is 0 Å². The molecule has 0 saturated heterocycles. The van der Waals surface area contributed by atoms with Crippen LogP contribution in [0.4, 0.5) is 17.1 Å². The first-order chi connectivity index (χ1) is 28.4. The molecule has 4 saturated carbocycles. The van der Waals surface area contributed by atoms with Crippen molar-refractivity contribution in [2.75, 3.05) is 4.90 Å². The Labute approximate surface area is 350 Å². The molecule has 0 N–H and O–H groups in total. The number of anilines is 3. The van der Waals surface area contributed by atoms with Crippen LogP contribution in [0.25, 0.3) is 22.3 Å². The molecular formula is C57H55NO. The van der Waals surface area contributed by atoms with Crippen LogP contribution >= 0.6 is 0 Å². The summed E-state index contributed by atoms with van der Waals surface area (Å²) in [6.45, 7) is 14.6. The predicted molar refractivity (Wildman–Crippen MR) is 242 cm³/mol. The zero-order valence-corrected chi connectivity index (χ0v) is 35.5. The molecule has 2 nitrogen and oxygen atoms in total. The van der Waals surface area contributed by atoms with Crippen LogP contribution in [0.5, 0.6) is 11.5 Å². The topological polar surface area (TPSA) is 12.5 Å². The second-order valence-corrected chi connectivity index (χ2v) is 21.6. The van der Waals surface area contributed by atoms with Gasteiger partial charge in [-0.3, -0.25) is 0 Å². The van der Waals surface area contributed by atoms with E-state index in [0.29, 0.717) is 17.3 Å². The van der Waals surface area contributed by atoms with Crippen molar-refractivity contribution >= 4 is 17.1 Å². The minimum atomic E-state index is -0.107. The molecule has 6 aliphatic carbocycles. The molecule has 0 amide bonds. The number of hydrogen-bond donors (Lipinski definition) is 0. The van der Waals surface area contributed by atoms with Gasteiger partial charge in [0.2, 0.25) is 0 Å². The highest BCUT2D eigenvalue weighted by atomic mass is 16.5. The number of ether oxygens (including phenoxy) is 1. The molecule has 2 bridgehead atoms. The van der Waals surface area contributed by atoms with Gasteiger partial charge in [-0.1, -0.05) is 126 Å². The molecule has 6 aromatic carbocycles. The summed E-state index contributed by atoms with van der Waals surface area (Å²) in [5.41, 5.74) is 18.3. The van der Waals surface area contributed by atoms with Crippen molar-refractivity contribution in [3.8, 4) is 33.8 Å². The Morgan fingerprint density at radius 3 is 1.97 bits per heavy atom. The molecular weight excluding hydrogens is 715 g/mol. The first-order valence-corrected chi connectivity index (χ1v) is 22.6. The highest BCUT2D eigenvalue weighted by Gasteiger charge is 2.84. The van der Waals surface area contributed by atoms with E-state index in [1.54, 1.807) is 0 Å². The number of nitrogens with zero attached hydrogens (tertiary/aromatic N) is 1. The number of fused-ring (bicyclic) bond motifs is 11. The Kier molecular flexibility index (Phi) is 6.59. The van der Waals surface area contributed by atoms with E-state index in [2.05, 4.69) is 174 Å². The van der Waals surface area contributed by atoms with Gasteiger partial charge in [-0.15, -0.1) is 0 Å². The summed E-state index contributed by atoms with van der Waals surface area (Å²) < 4.78 is 6.93. The molecule has 13 rings (SSSR count). The fourth-order valence-corrected chi connectivity index (χ4v) is 15.1. The monoisotopic (exact) mass is 769 g/mol. The van der Waals surface area contributed by atoms with Crippen LogP contribution in [0, 0.1) is 29.1 Å². The highest BCUT2D eigenvalue weighted by molar-refractivity contribution is 5.91. The lowest BCUT2D eigenvalue weighted by molar-refractivity contribution is -0.235. The molecule has 4 fully saturated rings. The van der Waals surface area contributed by atoms with Gasteiger partial charge in [0.25, 0.3) is 0 Å². The maximum absolute atomic E-state index is 6.93. The van der Waals surface area contributed by atoms with E-state index in [9.17, 15) is 0 Å². The summed E-state index contributed by atoms with van der Waals surface area (Å²) in [4.78, 5) is 2.59. The van der Waals surface area contributed by atoms with Crippen molar-refractivity contribution in [1.29, 1.82) is 0 Å². The lowest BCUT2D eigenvalue weighted by Gasteiger charge is -2.77. The minimum Gasteiger partial charge on any atom is -0.457 e. The maximum atomic E-state index is 6.93. The van der Waals surface area contributed by atoms with Crippen LogP contribution in [0.3, 0.4) is 0 Å². The largest absolute Gasteiger partial charge is 0.457 e. The van der Waals surface area contributed by atoms with Gasteiger partial charge in [0.1, 0.15) is 11.5 Å². The minimum absolute atomic E-state index is 0.00942. The SMILES string of the molecule is CC1(C)CCC(C)(C)c2cc(-c3ccccc3N(c3ccc4c(c3)C(C)(C)c3ccccc3-4)c3ccc4c(c3)C3(c5ccccc5O4)C4CC5CC6CC3C64C5)ccc21. The molecule has 2 heteroatoms. The Bertz CT molecular complexity index is 2800. The number of rotatable bonds is 4. The van der Waals surface area contributed by atoms with Gasteiger partial charge in [0.15, 0.2) is 0 Å². The van der Waals surface area contributed by atoms with Crippen LogP contribution < -0.4 is 9.64 Å². The number of hydrogen-bond acceptors (Lipinski definition) is 2. The summed E-state index contributed by atoms with van der Waals surface area (Å²) in [7, 11) is 0. The first kappa shape index (κ1) is 34.8. The molecule has 294 valence electrons. The van der Waals surface area contributed by atoms with Crippen molar-refractivity contribution in [1.82, 2.24) is 0 Å². The Morgan fingerprint density at radius 1 is 0.508 bits per heavy atom. The van der Waals surface area contributed by atoms with E-state index >= 15 is 0 Å². The van der Waals surface area contributed by atoms with Gasteiger partial charge < -0.3 is 9.64 Å². The second kappa shape index (κ2) is 11.2. The normalized spacial score (nSPS) is 29.5. The Balaban J connectivity index is 1.03. The quantitative estimate of drug-likeness (QED) is 0.177. The maximum Gasteiger partial charge on any atom is 0.131 e. The van der Waals surface area contributed by atoms with Crippen LogP contribution in [0.2, 0.25) is 0 Å². The van der Waals surface area contributed by atoms with Crippen LogP contribution in [0.1, 0.15) is 113 Å². The predicted octanol–water partition coefficient (Wildman–Crippen LogP) is 14.9. The van der Waals surface area contributed by atoms with E-state index in [-0.39, 0.29) is 21.7 Å². The second-order valence-electron chi connectivity index (χ2n) is 21.6. The van der Waals surface area contributed by atoms with Gasteiger partial charge in [-0.25, -0.2) is 0 Å². The Hall–Kier alpha value is -5.08. The van der Waals surface area contributed by atoms with E-state index in [4.69, 9.17) is 4.74 Å². The average molecular weight is 770 g/mol. The third-order valence-electron chi connectivity index (χ3n) is 17.9. The standard InChI is InChI=1S/C57H55NO/c1-53(2)25-26-54(3,4)46-29-35(19-23-43(46)53)39-13-8-11-17-48(39)58(37-20-22-41-40-14-7-9-15-42(40)55(5,6)45(41)31-37)38-21-24-50-47(32-38)57(44-16-10-12-18-49(44)59-50)51-28-34-27-36-30-52(57)56(36,51)33-34/h7-24,29,31-32,34,36,51-52H,25-28,30,33H2,1-6H3. The van der Waals surface area contributed by atoms with Crippen molar-refractivity contribution in [3.63, 3.8) is 0 Å². The fourth-order valence-electron chi connectivity index (χ4n) is 15.1. The van der Waals surface area contributed by atoms with Crippen molar-refractivity contribution < 1.29 is 4.74 Å². The zero-order chi connectivity index (χ0) is 39.8. The lowest BCUT2D eigenvalue weighted by atomic mass is 9.26. The average Bonchev–Trinajstić information content (AvgIpc) is 3.85. The summed E-state index contributed by atoms with van der Waals surface area (Å²) in [5, 5.41) is 0. The molecule has 0 radical (unpaired) electrons. The third kappa shape index (κ3) is 4.19. The summed E-state index contributed by atoms with van der Waals surface area (Å²) >= 11 is 0. The van der Waals surface area contributed by atoms with E-state index in [1.807, 2.05) is 0 Å². The third-order valence-corrected chi connectivity index (χ3v) is 17.9. The first-order valence-electron chi connectivity index (χ1n) is 22.6. The van der Waals surface area contributed by atoms with E-state index < -0.39 is 0 Å². The van der Waals surface area contributed by atoms with Crippen molar-refractivity contribution in [2.24, 2.45) is 29.1 Å². The molecule has 0 aromatic heterocycles. The smallest absolute Gasteiger partial charge is 0.131 e. The van der Waals surface area contributed by atoms with E-state index in [0.717, 1.165) is 23.3 Å². The summed E-state index contributed by atoms with van der Waals surface area (Å²) in [6.07, 6.45) is 8.06. The Morgan fingerprint density at radius 2 is 1.15 bits per heavy atom. The molecule has 59 heavy (non-hydrogen) atoms. The van der Waals surface area contributed by atoms with Gasteiger partial charge in [0.05, 0.1) is 5.69 Å². The number of para-hydroxylation sites is 2. The van der Waals surface area contributed by atoms with Gasteiger partial charge in [-0.05, 0) is 160 Å². The van der Waals surface area contributed by atoms with Gasteiger partial charge in [0, 0.05) is 38.9 Å². The molecule has 6 unspecified atom stereocenters.